The quantitative estimate of drug-likeness (QED) is 0.329. The number of nitrogens with two attached hydrogens (primary N) is 1. The number of ether oxygens (including phenoxy) is 1. The normalized spacial score (nSPS) is 15.1. The van der Waals surface area contributed by atoms with Crippen molar-refractivity contribution in [3.8, 4) is 17.1 Å². The van der Waals surface area contributed by atoms with Gasteiger partial charge in [0.1, 0.15) is 6.61 Å². The average Bonchev–Trinajstić information content (AvgIpc) is 2.88. The van der Waals surface area contributed by atoms with Crippen molar-refractivity contribution in [2.75, 3.05) is 11.3 Å². The Morgan fingerprint density at radius 1 is 1.08 bits per heavy atom. The zero-order valence-electron chi connectivity index (χ0n) is 21.7. The number of aromatic carboxylic acids is 1. The number of rotatable bonds is 10. The molecule has 202 valence electrons. The highest BCUT2D eigenvalue weighted by Gasteiger charge is 2.21. The summed E-state index contributed by atoms with van der Waals surface area (Å²) >= 11 is 0. The first-order valence-corrected chi connectivity index (χ1v) is 14.3. The third-order valence-corrected chi connectivity index (χ3v) is 8.19. The van der Waals surface area contributed by atoms with Gasteiger partial charge in [0.05, 0.1) is 16.2 Å². The number of carboxylic acid groups (broad SMARTS) is 1. The van der Waals surface area contributed by atoms with Gasteiger partial charge in [-0.1, -0.05) is 56.4 Å². The van der Waals surface area contributed by atoms with E-state index in [1.807, 2.05) is 32.0 Å². The summed E-state index contributed by atoms with van der Waals surface area (Å²) in [4.78, 5) is 19.9. The van der Waals surface area contributed by atoms with Gasteiger partial charge in [-0.25, -0.2) is 22.9 Å². The smallest absolute Gasteiger partial charge is 0.335 e. The maximum atomic E-state index is 13.1. The molecule has 1 heterocycles. The molecule has 0 spiro atoms. The van der Waals surface area contributed by atoms with Crippen molar-refractivity contribution in [1.82, 2.24) is 9.97 Å². The summed E-state index contributed by atoms with van der Waals surface area (Å²) < 4.78 is 34.6. The largest absolute Gasteiger partial charge is 0.478 e. The number of nitrogens with zero attached hydrogens (tertiary/aromatic N) is 2. The summed E-state index contributed by atoms with van der Waals surface area (Å²) in [6.45, 7) is 4.14. The van der Waals surface area contributed by atoms with Crippen LogP contribution in [0.4, 0.5) is 5.95 Å². The van der Waals surface area contributed by atoms with Crippen LogP contribution in [0.25, 0.3) is 11.3 Å². The van der Waals surface area contributed by atoms with Gasteiger partial charge in [-0.05, 0) is 55.5 Å². The van der Waals surface area contributed by atoms with E-state index < -0.39 is 16.0 Å². The third-order valence-electron chi connectivity index (χ3n) is 6.86. The van der Waals surface area contributed by atoms with Crippen LogP contribution in [-0.2, 0) is 10.0 Å². The molecule has 1 fully saturated rings. The highest BCUT2D eigenvalue weighted by molar-refractivity contribution is 7.92. The Kier molecular flexibility index (Phi) is 8.63. The molecule has 1 atom stereocenters. The van der Waals surface area contributed by atoms with Crippen molar-refractivity contribution in [2.24, 2.45) is 11.7 Å². The SMILES string of the molecule is Cc1cccc(C)c1-c1cc(OC[C@H](N)CC2CCCCC2)nc(NS(=O)(=O)c2cccc(C(=O)O)c2)n1. The second-order valence-electron chi connectivity index (χ2n) is 9.93. The predicted molar refractivity (Wildman–Crippen MR) is 146 cm³/mol. The molecule has 38 heavy (non-hydrogen) atoms. The molecule has 9 nitrogen and oxygen atoms in total. The molecule has 4 N–H and O–H groups in total. The van der Waals surface area contributed by atoms with Gasteiger partial charge >= 0.3 is 5.97 Å². The maximum Gasteiger partial charge on any atom is 0.335 e. The van der Waals surface area contributed by atoms with Crippen LogP contribution in [0.2, 0.25) is 0 Å². The van der Waals surface area contributed by atoms with E-state index in [4.69, 9.17) is 10.5 Å². The lowest BCUT2D eigenvalue weighted by molar-refractivity contribution is 0.0696. The number of hydrogen-bond donors (Lipinski definition) is 3. The van der Waals surface area contributed by atoms with Gasteiger partial charge in [0.25, 0.3) is 10.0 Å². The number of sulfonamides is 1. The second kappa shape index (κ2) is 11.9. The molecule has 3 aromatic rings. The minimum absolute atomic E-state index is 0.144. The first-order valence-electron chi connectivity index (χ1n) is 12.8. The molecule has 1 saturated carbocycles. The predicted octanol–water partition coefficient (Wildman–Crippen LogP) is 4.94. The zero-order valence-corrected chi connectivity index (χ0v) is 22.5. The van der Waals surface area contributed by atoms with Crippen LogP contribution in [0, 0.1) is 19.8 Å². The van der Waals surface area contributed by atoms with Crippen LogP contribution in [0.1, 0.15) is 60.0 Å². The van der Waals surface area contributed by atoms with E-state index in [1.165, 1.54) is 50.3 Å². The molecule has 10 heteroatoms. The van der Waals surface area contributed by atoms with Crippen LogP contribution >= 0.6 is 0 Å². The fourth-order valence-electron chi connectivity index (χ4n) is 4.98. The fraction of sp³-hybridized carbons (Fsp3) is 0.393. The van der Waals surface area contributed by atoms with Crippen LogP contribution in [0.15, 0.2) is 53.4 Å². The van der Waals surface area contributed by atoms with Crippen molar-refractivity contribution in [3.63, 3.8) is 0 Å². The number of benzene rings is 2. The van der Waals surface area contributed by atoms with Crippen LogP contribution in [0.5, 0.6) is 5.88 Å². The molecule has 0 unspecified atom stereocenters. The summed E-state index contributed by atoms with van der Waals surface area (Å²) in [6.07, 6.45) is 7.00. The monoisotopic (exact) mass is 538 g/mol. The summed E-state index contributed by atoms with van der Waals surface area (Å²) in [5, 5.41) is 9.26. The molecule has 1 aromatic heterocycles. The Hall–Kier alpha value is -3.50. The van der Waals surface area contributed by atoms with E-state index in [0.29, 0.717) is 11.6 Å². The molecule has 0 aliphatic heterocycles. The molecular formula is C28H34N4O5S. The van der Waals surface area contributed by atoms with Gasteiger partial charge < -0.3 is 15.6 Å². The number of aryl methyl sites for hydroxylation is 2. The third kappa shape index (κ3) is 6.87. The average molecular weight is 539 g/mol. The molecule has 0 amide bonds. The standard InChI is InChI=1S/C28H34N4O5S/c1-18-8-6-9-19(2)26(18)24-16-25(37-17-22(29)14-20-10-4-3-5-11-20)31-28(30-24)32-38(35,36)23-13-7-12-21(15-23)27(33)34/h6-9,12-13,15-16,20,22H,3-5,10-11,14,17,29H2,1-2H3,(H,33,34)(H,30,31,32)/t22-/m1/s1. The Morgan fingerprint density at radius 3 is 2.45 bits per heavy atom. The molecule has 1 aliphatic rings. The molecule has 0 bridgehead atoms. The van der Waals surface area contributed by atoms with Gasteiger partial charge in [-0.2, -0.15) is 4.98 Å². The number of carboxylic acids is 1. The van der Waals surface area contributed by atoms with Gasteiger partial charge in [0.15, 0.2) is 0 Å². The first kappa shape index (κ1) is 27.5. The van der Waals surface area contributed by atoms with E-state index in [0.717, 1.165) is 29.2 Å². The summed E-state index contributed by atoms with van der Waals surface area (Å²) in [5.74, 6) is -0.604. The van der Waals surface area contributed by atoms with Crippen molar-refractivity contribution in [3.05, 3.63) is 65.2 Å². The van der Waals surface area contributed by atoms with E-state index >= 15 is 0 Å². The summed E-state index contributed by atoms with van der Waals surface area (Å²) in [5.41, 5.74) is 9.51. The van der Waals surface area contributed by atoms with Crippen LogP contribution in [0.3, 0.4) is 0 Å². The van der Waals surface area contributed by atoms with Crippen molar-refractivity contribution >= 4 is 21.9 Å². The molecule has 0 radical (unpaired) electrons. The van der Waals surface area contributed by atoms with Crippen molar-refractivity contribution < 1.29 is 23.1 Å². The molecule has 1 aliphatic carbocycles. The second-order valence-corrected chi connectivity index (χ2v) is 11.6. The highest BCUT2D eigenvalue weighted by Crippen LogP contribution is 2.30. The van der Waals surface area contributed by atoms with E-state index in [2.05, 4.69) is 14.7 Å². The Morgan fingerprint density at radius 2 is 1.76 bits per heavy atom. The maximum absolute atomic E-state index is 13.1. The lowest BCUT2D eigenvalue weighted by Gasteiger charge is -2.24. The number of aromatic nitrogens is 2. The lowest BCUT2D eigenvalue weighted by Crippen LogP contribution is -2.31. The Labute approximate surface area is 223 Å². The van der Waals surface area contributed by atoms with Gasteiger partial charge in [-0.3, -0.25) is 0 Å². The summed E-state index contributed by atoms with van der Waals surface area (Å²) in [6, 6.07) is 12.4. The number of anilines is 1. The first-order chi connectivity index (χ1) is 18.1. The van der Waals surface area contributed by atoms with Crippen LogP contribution in [-0.4, -0.2) is 42.1 Å². The van der Waals surface area contributed by atoms with Crippen molar-refractivity contribution in [2.45, 2.75) is 63.3 Å². The number of nitrogens with one attached hydrogen (secondary N) is 1. The minimum atomic E-state index is -4.17. The fourth-order valence-corrected chi connectivity index (χ4v) is 5.97. The van der Waals surface area contributed by atoms with Crippen LogP contribution < -0.4 is 15.2 Å². The summed E-state index contributed by atoms with van der Waals surface area (Å²) in [7, 11) is -4.17. The minimum Gasteiger partial charge on any atom is -0.478 e. The Bertz CT molecular complexity index is 1380. The molecule has 0 saturated heterocycles. The van der Waals surface area contributed by atoms with E-state index in [9.17, 15) is 18.3 Å². The Balaban J connectivity index is 1.62. The number of hydrogen-bond acceptors (Lipinski definition) is 7. The molecular weight excluding hydrogens is 504 g/mol. The van der Waals surface area contributed by atoms with E-state index in [-0.39, 0.29) is 34.9 Å². The topological polar surface area (TPSA) is 144 Å². The van der Waals surface area contributed by atoms with Gasteiger partial charge in [0, 0.05) is 17.7 Å². The van der Waals surface area contributed by atoms with Gasteiger partial charge in [-0.15, -0.1) is 0 Å². The zero-order chi connectivity index (χ0) is 27.3. The van der Waals surface area contributed by atoms with Gasteiger partial charge in [0.2, 0.25) is 11.8 Å². The molecule has 2 aromatic carbocycles. The highest BCUT2D eigenvalue weighted by atomic mass is 32.2. The van der Waals surface area contributed by atoms with E-state index in [1.54, 1.807) is 6.07 Å². The molecule has 4 rings (SSSR count). The van der Waals surface area contributed by atoms with Crippen molar-refractivity contribution in [1.29, 1.82) is 0 Å². The lowest BCUT2D eigenvalue weighted by atomic mass is 9.85. The number of carbonyl (C=O) groups is 1.